The lowest BCUT2D eigenvalue weighted by atomic mass is 10.3. The van der Waals surface area contributed by atoms with Gasteiger partial charge in [-0.25, -0.2) is 13.8 Å². The van der Waals surface area contributed by atoms with Crippen LogP contribution in [-0.2, 0) is 5.88 Å². The van der Waals surface area contributed by atoms with Gasteiger partial charge in [0.2, 0.25) is 0 Å². The number of rotatable bonds is 3. The Morgan fingerprint density at radius 1 is 1.64 bits per heavy atom. The highest BCUT2D eigenvalue weighted by atomic mass is 79.9. The lowest BCUT2D eigenvalue weighted by molar-refractivity contribution is 0.144. The topological polar surface area (TPSA) is 22.1 Å². The SMILES string of the molecule is COc1cc(CCl)nc(C(F)F)c1Br. The van der Waals surface area contributed by atoms with Gasteiger partial charge in [0.1, 0.15) is 11.4 Å². The summed E-state index contributed by atoms with van der Waals surface area (Å²) in [6.45, 7) is 0. The largest absolute Gasteiger partial charge is 0.495 e. The summed E-state index contributed by atoms with van der Waals surface area (Å²) >= 11 is 8.50. The number of methoxy groups -OCH3 is 1. The van der Waals surface area contributed by atoms with E-state index in [1.165, 1.54) is 13.2 Å². The minimum Gasteiger partial charge on any atom is -0.495 e. The summed E-state index contributed by atoms with van der Waals surface area (Å²) in [6.07, 6.45) is -2.65. The van der Waals surface area contributed by atoms with Gasteiger partial charge in [-0.05, 0) is 15.9 Å². The van der Waals surface area contributed by atoms with Gasteiger partial charge in [0.05, 0.1) is 23.2 Å². The zero-order valence-corrected chi connectivity index (χ0v) is 9.57. The van der Waals surface area contributed by atoms with Crippen LogP contribution in [0.2, 0.25) is 0 Å². The van der Waals surface area contributed by atoms with E-state index in [0.717, 1.165) is 0 Å². The standard InChI is InChI=1S/C8H7BrClF2NO/c1-14-5-2-4(3-10)13-7(6(5)9)8(11)12/h2,8H,3H2,1H3. The van der Waals surface area contributed by atoms with Gasteiger partial charge in [0, 0.05) is 6.07 Å². The molecule has 1 heterocycles. The Hall–Kier alpha value is -0.420. The zero-order chi connectivity index (χ0) is 10.7. The third kappa shape index (κ3) is 2.33. The molecule has 0 aromatic carbocycles. The molecule has 0 saturated heterocycles. The maximum absolute atomic E-state index is 12.5. The third-order valence-electron chi connectivity index (χ3n) is 1.57. The second-order valence-corrected chi connectivity index (χ2v) is 3.51. The number of ether oxygens (including phenoxy) is 1. The van der Waals surface area contributed by atoms with Gasteiger partial charge in [-0.15, -0.1) is 11.6 Å². The maximum atomic E-state index is 12.5. The van der Waals surface area contributed by atoms with E-state index in [0.29, 0.717) is 11.4 Å². The van der Waals surface area contributed by atoms with E-state index in [4.69, 9.17) is 16.3 Å². The van der Waals surface area contributed by atoms with Crippen LogP contribution < -0.4 is 4.74 Å². The number of alkyl halides is 3. The molecule has 0 unspecified atom stereocenters. The summed E-state index contributed by atoms with van der Waals surface area (Å²) < 4.78 is 30.0. The van der Waals surface area contributed by atoms with Crippen molar-refractivity contribution in [3.63, 3.8) is 0 Å². The summed E-state index contributed by atoms with van der Waals surface area (Å²) in [5.41, 5.74) is 0.0158. The van der Waals surface area contributed by atoms with Crippen LogP contribution in [0.4, 0.5) is 8.78 Å². The van der Waals surface area contributed by atoms with Crippen molar-refractivity contribution < 1.29 is 13.5 Å². The molecule has 0 bridgehead atoms. The highest BCUT2D eigenvalue weighted by molar-refractivity contribution is 9.10. The fraction of sp³-hybridized carbons (Fsp3) is 0.375. The molecule has 0 atom stereocenters. The first-order valence-corrected chi connectivity index (χ1v) is 5.00. The molecule has 0 amide bonds. The molecule has 1 aromatic heterocycles. The Balaban J connectivity index is 3.27. The number of pyridine rings is 1. The molecule has 0 N–H and O–H groups in total. The highest BCUT2D eigenvalue weighted by Crippen LogP contribution is 2.34. The van der Waals surface area contributed by atoms with Crippen molar-refractivity contribution >= 4 is 27.5 Å². The van der Waals surface area contributed by atoms with Gasteiger partial charge in [0.15, 0.2) is 0 Å². The first kappa shape index (κ1) is 11.7. The maximum Gasteiger partial charge on any atom is 0.281 e. The third-order valence-corrected chi connectivity index (χ3v) is 2.64. The predicted octanol–water partition coefficient (Wildman–Crippen LogP) is 3.53. The van der Waals surface area contributed by atoms with Crippen LogP contribution in [0.25, 0.3) is 0 Å². The van der Waals surface area contributed by atoms with E-state index < -0.39 is 6.43 Å². The first-order chi connectivity index (χ1) is 6.60. The molecule has 2 nitrogen and oxygen atoms in total. The number of aromatic nitrogens is 1. The van der Waals surface area contributed by atoms with E-state index >= 15 is 0 Å². The number of hydrogen-bond acceptors (Lipinski definition) is 2. The molecule has 0 aliphatic carbocycles. The molecular formula is C8H7BrClF2NO. The molecule has 0 aliphatic heterocycles. The second-order valence-electron chi connectivity index (χ2n) is 2.45. The zero-order valence-electron chi connectivity index (χ0n) is 7.23. The van der Waals surface area contributed by atoms with Gasteiger partial charge in [0.25, 0.3) is 6.43 Å². The summed E-state index contributed by atoms with van der Waals surface area (Å²) in [7, 11) is 1.40. The predicted molar refractivity (Wildman–Crippen MR) is 53.0 cm³/mol. The molecule has 0 spiro atoms. The fourth-order valence-electron chi connectivity index (χ4n) is 0.939. The molecule has 78 valence electrons. The highest BCUT2D eigenvalue weighted by Gasteiger charge is 2.18. The fourth-order valence-corrected chi connectivity index (χ4v) is 1.61. The van der Waals surface area contributed by atoms with Gasteiger partial charge in [-0.1, -0.05) is 0 Å². The first-order valence-electron chi connectivity index (χ1n) is 3.67. The van der Waals surface area contributed by atoms with Gasteiger partial charge in [-0.2, -0.15) is 0 Å². The number of nitrogens with zero attached hydrogens (tertiary/aromatic N) is 1. The van der Waals surface area contributed by atoms with Crippen LogP contribution in [0.1, 0.15) is 17.8 Å². The van der Waals surface area contributed by atoms with E-state index in [1.807, 2.05) is 0 Å². The average molecular weight is 287 g/mol. The van der Waals surface area contributed by atoms with E-state index in [2.05, 4.69) is 20.9 Å². The lowest BCUT2D eigenvalue weighted by Gasteiger charge is -2.09. The molecule has 0 aliphatic rings. The minimum atomic E-state index is -2.65. The van der Waals surface area contributed by atoms with E-state index in [-0.39, 0.29) is 16.0 Å². The summed E-state index contributed by atoms with van der Waals surface area (Å²) in [4.78, 5) is 3.69. The van der Waals surface area contributed by atoms with Crippen molar-refractivity contribution in [3.05, 3.63) is 21.9 Å². The molecule has 6 heteroatoms. The number of hydrogen-bond donors (Lipinski definition) is 0. The van der Waals surface area contributed by atoms with E-state index in [9.17, 15) is 8.78 Å². The van der Waals surface area contributed by atoms with Crippen LogP contribution in [0, 0.1) is 0 Å². The molecule has 0 saturated carbocycles. The quantitative estimate of drug-likeness (QED) is 0.793. The normalized spacial score (nSPS) is 10.7. The van der Waals surface area contributed by atoms with Crippen molar-refractivity contribution in [2.75, 3.05) is 7.11 Å². The Morgan fingerprint density at radius 2 is 2.29 bits per heavy atom. The Labute approximate surface area is 93.4 Å². The van der Waals surface area contributed by atoms with Crippen LogP contribution in [-0.4, -0.2) is 12.1 Å². The van der Waals surface area contributed by atoms with Crippen LogP contribution in [0.5, 0.6) is 5.75 Å². The lowest BCUT2D eigenvalue weighted by Crippen LogP contribution is -1.99. The monoisotopic (exact) mass is 285 g/mol. The smallest absolute Gasteiger partial charge is 0.281 e. The molecule has 14 heavy (non-hydrogen) atoms. The van der Waals surface area contributed by atoms with Crippen LogP contribution in [0.3, 0.4) is 0 Å². The minimum absolute atomic E-state index is 0.0728. The summed E-state index contributed by atoms with van der Waals surface area (Å²) in [5, 5.41) is 0. The number of halogens is 4. The van der Waals surface area contributed by atoms with Gasteiger partial charge in [-0.3, -0.25) is 0 Å². The van der Waals surface area contributed by atoms with Crippen molar-refractivity contribution in [2.45, 2.75) is 12.3 Å². The van der Waals surface area contributed by atoms with Crippen molar-refractivity contribution in [1.29, 1.82) is 0 Å². The van der Waals surface area contributed by atoms with E-state index in [1.54, 1.807) is 0 Å². The van der Waals surface area contributed by atoms with Gasteiger partial charge >= 0.3 is 0 Å². The molecule has 1 rings (SSSR count). The molecule has 1 aromatic rings. The van der Waals surface area contributed by atoms with Crippen LogP contribution >= 0.6 is 27.5 Å². The summed E-state index contributed by atoms with van der Waals surface area (Å²) in [6, 6.07) is 1.52. The molecule has 0 fully saturated rings. The Bertz CT molecular complexity index is 335. The van der Waals surface area contributed by atoms with Crippen molar-refractivity contribution in [2.24, 2.45) is 0 Å². The second kappa shape index (κ2) is 4.89. The van der Waals surface area contributed by atoms with Crippen molar-refractivity contribution in [1.82, 2.24) is 4.98 Å². The summed E-state index contributed by atoms with van der Waals surface area (Å²) in [5.74, 6) is 0.384. The van der Waals surface area contributed by atoms with Gasteiger partial charge < -0.3 is 4.74 Å². The molecular weight excluding hydrogens is 279 g/mol. The Morgan fingerprint density at radius 3 is 2.71 bits per heavy atom. The average Bonchev–Trinajstić information content (AvgIpc) is 2.17. The van der Waals surface area contributed by atoms with Crippen molar-refractivity contribution in [3.8, 4) is 5.75 Å². The van der Waals surface area contributed by atoms with Crippen LogP contribution in [0.15, 0.2) is 10.5 Å². The molecule has 0 radical (unpaired) electrons. The Kier molecular flexibility index (Phi) is 4.07.